The van der Waals surface area contributed by atoms with Crippen molar-refractivity contribution in [1.82, 2.24) is 0 Å². The fourth-order valence-corrected chi connectivity index (χ4v) is 6.38. The SMILES string of the molecule is Fc1cc(F)cc(C2=CB(c3ccccc3)C=C(c3cc(F)cc(F)c3)[Te]2)c1. The van der Waals surface area contributed by atoms with Gasteiger partial charge in [-0.1, -0.05) is 0 Å². The molecule has 0 bridgehead atoms. The molecule has 0 saturated carbocycles. The van der Waals surface area contributed by atoms with Crippen LogP contribution >= 0.6 is 0 Å². The molecule has 4 rings (SSSR count). The van der Waals surface area contributed by atoms with Crippen LogP contribution in [0.25, 0.3) is 7.24 Å². The summed E-state index contributed by atoms with van der Waals surface area (Å²) in [5.74, 6) is 1.40. The standard InChI is InChI=1S/C22H13BF4Te/c24-17-6-14(7-18(25)10-17)21-12-23(16-4-2-1-3-5-16)13-22(28-21)15-8-19(26)11-20(27)9-15/h1-13H. The van der Waals surface area contributed by atoms with E-state index in [1.54, 1.807) is 0 Å². The molecule has 0 atom stereocenters. The van der Waals surface area contributed by atoms with Gasteiger partial charge in [-0.15, -0.1) is 0 Å². The van der Waals surface area contributed by atoms with Gasteiger partial charge in [0.2, 0.25) is 0 Å². The molecule has 0 unspecified atom stereocenters. The van der Waals surface area contributed by atoms with Gasteiger partial charge in [-0.2, -0.15) is 0 Å². The number of hydrogen-bond acceptors (Lipinski definition) is 0. The summed E-state index contributed by atoms with van der Waals surface area (Å²) in [7, 11) is 0. The molecule has 0 aliphatic carbocycles. The first-order chi connectivity index (χ1) is 13.5. The van der Waals surface area contributed by atoms with Crippen LogP contribution in [-0.4, -0.2) is 27.6 Å². The van der Waals surface area contributed by atoms with Gasteiger partial charge < -0.3 is 0 Å². The molecular formula is C22H13BF4Te. The Labute approximate surface area is 170 Å². The Balaban J connectivity index is 1.82. The van der Waals surface area contributed by atoms with Crippen molar-refractivity contribution in [3.63, 3.8) is 0 Å². The molecule has 1 heterocycles. The summed E-state index contributed by atoms with van der Waals surface area (Å²) in [5.41, 5.74) is 1.95. The monoisotopic (exact) mass is 494 g/mol. The van der Waals surface area contributed by atoms with Gasteiger partial charge >= 0.3 is 171 Å². The van der Waals surface area contributed by atoms with Crippen LogP contribution in [0.15, 0.2) is 78.7 Å². The van der Waals surface area contributed by atoms with E-state index in [9.17, 15) is 17.6 Å². The van der Waals surface area contributed by atoms with Crippen molar-refractivity contribution in [3.8, 4) is 0 Å². The molecule has 0 saturated heterocycles. The Kier molecular flexibility index (Phi) is 5.43. The predicted molar refractivity (Wildman–Crippen MR) is 106 cm³/mol. The molecule has 1 aliphatic rings. The zero-order chi connectivity index (χ0) is 19.7. The summed E-state index contributed by atoms with van der Waals surface area (Å²) in [5, 5.41) is 0. The Bertz CT molecular complexity index is 985. The van der Waals surface area contributed by atoms with Gasteiger partial charge in [0.25, 0.3) is 0 Å². The van der Waals surface area contributed by atoms with E-state index in [0.717, 1.165) is 24.8 Å². The first kappa shape index (κ1) is 19.0. The van der Waals surface area contributed by atoms with Crippen molar-refractivity contribution in [2.45, 2.75) is 0 Å². The van der Waals surface area contributed by atoms with E-state index in [1.165, 1.54) is 24.3 Å². The van der Waals surface area contributed by atoms with Gasteiger partial charge in [0.1, 0.15) is 0 Å². The number of benzene rings is 3. The molecule has 0 spiro atoms. The van der Waals surface area contributed by atoms with Crippen LogP contribution in [0.4, 0.5) is 17.6 Å². The molecule has 0 nitrogen and oxygen atoms in total. The van der Waals surface area contributed by atoms with E-state index in [2.05, 4.69) is 0 Å². The van der Waals surface area contributed by atoms with Gasteiger partial charge in [0.15, 0.2) is 0 Å². The second-order valence-corrected chi connectivity index (χ2v) is 9.51. The van der Waals surface area contributed by atoms with Gasteiger partial charge in [0, 0.05) is 0 Å². The summed E-state index contributed by atoms with van der Waals surface area (Å²) in [4.78, 5) is 0. The van der Waals surface area contributed by atoms with E-state index >= 15 is 0 Å². The van der Waals surface area contributed by atoms with Crippen molar-refractivity contribution in [2.24, 2.45) is 0 Å². The molecule has 28 heavy (non-hydrogen) atoms. The molecule has 0 amide bonds. The summed E-state index contributed by atoms with van der Waals surface area (Å²) >= 11 is -1.11. The van der Waals surface area contributed by atoms with E-state index in [-0.39, 0.29) is 6.71 Å². The second-order valence-electron chi connectivity index (χ2n) is 6.42. The van der Waals surface area contributed by atoms with Crippen LogP contribution in [0.3, 0.4) is 0 Å². The zero-order valence-corrected chi connectivity index (χ0v) is 16.8. The van der Waals surface area contributed by atoms with Crippen molar-refractivity contribution in [2.75, 3.05) is 0 Å². The normalized spacial score (nSPS) is 13.9. The molecule has 1 aliphatic heterocycles. The third kappa shape index (κ3) is 4.24. The topological polar surface area (TPSA) is 0 Å². The molecule has 0 aromatic heterocycles. The van der Waals surface area contributed by atoms with E-state index in [4.69, 9.17) is 0 Å². The van der Waals surface area contributed by atoms with Crippen LogP contribution in [0, 0.1) is 23.3 Å². The summed E-state index contributed by atoms with van der Waals surface area (Å²) in [6.45, 7) is -0.150. The van der Waals surface area contributed by atoms with E-state index in [1.807, 2.05) is 42.3 Å². The van der Waals surface area contributed by atoms with Gasteiger partial charge in [-0.25, -0.2) is 0 Å². The average molecular weight is 492 g/mol. The van der Waals surface area contributed by atoms with Crippen molar-refractivity contribution in [1.29, 1.82) is 0 Å². The molecule has 3 aromatic carbocycles. The molecule has 6 heteroatoms. The quantitative estimate of drug-likeness (QED) is 0.364. The third-order valence-corrected chi connectivity index (χ3v) is 7.74. The maximum atomic E-state index is 13.8. The molecule has 0 fully saturated rings. The Morgan fingerprint density at radius 1 is 0.571 bits per heavy atom. The summed E-state index contributed by atoms with van der Waals surface area (Å²) in [6, 6.07) is 16.5. The van der Waals surface area contributed by atoms with Crippen molar-refractivity contribution < 1.29 is 17.6 Å². The van der Waals surface area contributed by atoms with Crippen molar-refractivity contribution in [3.05, 3.63) is 113 Å². The molecule has 3 aromatic rings. The van der Waals surface area contributed by atoms with Gasteiger partial charge in [-0.3, -0.25) is 0 Å². The van der Waals surface area contributed by atoms with E-state index < -0.39 is 44.2 Å². The molecule has 0 radical (unpaired) electrons. The van der Waals surface area contributed by atoms with Crippen LogP contribution < -0.4 is 5.46 Å². The van der Waals surface area contributed by atoms with Crippen LogP contribution in [0.1, 0.15) is 11.1 Å². The fraction of sp³-hybridized carbons (Fsp3) is 0. The molecule has 0 N–H and O–H groups in total. The first-order valence-electron chi connectivity index (χ1n) is 8.57. The fourth-order valence-electron chi connectivity index (χ4n) is 3.13. The van der Waals surface area contributed by atoms with Crippen LogP contribution in [0.2, 0.25) is 0 Å². The zero-order valence-electron chi connectivity index (χ0n) is 14.5. The first-order valence-corrected chi connectivity index (χ1v) is 10.9. The molecule has 138 valence electrons. The minimum atomic E-state index is -1.11. The Morgan fingerprint density at radius 2 is 1.00 bits per heavy atom. The maximum absolute atomic E-state index is 13.8. The Hall–Kier alpha value is -2.29. The predicted octanol–water partition coefficient (Wildman–Crippen LogP) is 4.82. The molecular weight excluding hydrogens is 479 g/mol. The number of rotatable bonds is 3. The van der Waals surface area contributed by atoms with Crippen LogP contribution in [0.5, 0.6) is 0 Å². The van der Waals surface area contributed by atoms with Crippen LogP contribution in [-0.2, 0) is 0 Å². The second kappa shape index (κ2) is 7.99. The number of halogens is 4. The van der Waals surface area contributed by atoms with Gasteiger partial charge in [0.05, 0.1) is 0 Å². The van der Waals surface area contributed by atoms with E-state index in [0.29, 0.717) is 11.1 Å². The van der Waals surface area contributed by atoms with Crippen molar-refractivity contribution >= 4 is 40.3 Å². The average Bonchev–Trinajstić information content (AvgIpc) is 2.67. The van der Waals surface area contributed by atoms with Gasteiger partial charge in [-0.05, 0) is 0 Å². The minimum absolute atomic E-state index is 0.150. The summed E-state index contributed by atoms with van der Waals surface area (Å²) in [6.07, 6.45) is 0. The number of hydrogen-bond donors (Lipinski definition) is 0. The summed E-state index contributed by atoms with van der Waals surface area (Å²) < 4.78 is 56.7. The third-order valence-electron chi connectivity index (χ3n) is 4.36. The Morgan fingerprint density at radius 3 is 1.43 bits per heavy atom.